The number of ether oxygens (including phenoxy) is 1. The van der Waals surface area contributed by atoms with E-state index in [1.165, 1.54) is 64.3 Å². The number of benzene rings is 5. The zero-order valence-electron chi connectivity index (χ0n) is 21.1. The largest absolute Gasteiger partial charge is 0.483 e. The van der Waals surface area contributed by atoms with E-state index in [4.69, 9.17) is 4.74 Å². The fourth-order valence-corrected chi connectivity index (χ4v) is 7.87. The lowest BCUT2D eigenvalue weighted by atomic mass is 9.88. The number of para-hydroxylation sites is 3. The highest BCUT2D eigenvalue weighted by Gasteiger charge is 2.34. The van der Waals surface area contributed by atoms with Crippen LogP contribution in [-0.2, 0) is 0 Å². The molecule has 39 heavy (non-hydrogen) atoms. The third-order valence-corrected chi connectivity index (χ3v) is 9.57. The number of rotatable bonds is 2. The molecule has 5 aromatic carbocycles. The Labute approximate surface area is 229 Å². The highest BCUT2D eigenvalue weighted by Crippen LogP contribution is 2.49. The molecule has 1 aliphatic heterocycles. The molecule has 0 spiro atoms. The van der Waals surface area contributed by atoms with E-state index in [1.807, 2.05) is 11.3 Å². The van der Waals surface area contributed by atoms with Crippen LogP contribution in [0.15, 0.2) is 121 Å². The Morgan fingerprint density at radius 1 is 0.615 bits per heavy atom. The van der Waals surface area contributed by atoms with Gasteiger partial charge in [-0.15, -0.1) is 11.3 Å². The highest BCUT2D eigenvalue weighted by molar-refractivity contribution is 7.26. The van der Waals surface area contributed by atoms with Crippen molar-refractivity contribution < 1.29 is 4.74 Å². The summed E-state index contributed by atoms with van der Waals surface area (Å²) in [6.07, 6.45) is 5.48. The topological polar surface area (TPSA) is 14.2 Å². The van der Waals surface area contributed by atoms with E-state index in [9.17, 15) is 0 Å². The summed E-state index contributed by atoms with van der Waals surface area (Å²) in [6.45, 7) is 0. The van der Waals surface area contributed by atoms with Gasteiger partial charge in [0.05, 0.1) is 16.7 Å². The number of nitrogens with zero attached hydrogens (tertiary/aromatic N) is 1. The van der Waals surface area contributed by atoms with Crippen LogP contribution in [0.2, 0.25) is 0 Å². The molecule has 1 unspecified atom stereocenters. The maximum Gasteiger partial charge on any atom is 0.151 e. The van der Waals surface area contributed by atoms with Crippen LogP contribution >= 0.6 is 11.3 Å². The third-order valence-electron chi connectivity index (χ3n) is 8.35. The molecular formula is C36H23NOS. The van der Waals surface area contributed by atoms with Crippen molar-refractivity contribution in [3.05, 3.63) is 132 Å². The smallest absolute Gasteiger partial charge is 0.151 e. The van der Waals surface area contributed by atoms with Gasteiger partial charge in [0.2, 0.25) is 0 Å². The Morgan fingerprint density at radius 3 is 2.10 bits per heavy atom. The summed E-state index contributed by atoms with van der Waals surface area (Å²) in [4.78, 5) is 0. The van der Waals surface area contributed by atoms with Crippen molar-refractivity contribution >= 4 is 64.5 Å². The first-order valence-corrected chi connectivity index (χ1v) is 14.3. The van der Waals surface area contributed by atoms with Crippen molar-refractivity contribution in [2.24, 2.45) is 0 Å². The maximum atomic E-state index is 6.86. The second kappa shape index (κ2) is 7.95. The third kappa shape index (κ3) is 2.96. The molecule has 1 atom stereocenters. The molecule has 7 aromatic rings. The predicted molar refractivity (Wildman–Crippen MR) is 165 cm³/mol. The molecule has 0 bridgehead atoms. The van der Waals surface area contributed by atoms with Crippen LogP contribution in [0.1, 0.15) is 17.5 Å². The average Bonchev–Trinajstić information content (AvgIpc) is 3.66. The van der Waals surface area contributed by atoms with Gasteiger partial charge in [-0.05, 0) is 35.4 Å². The molecular weight excluding hydrogens is 494 g/mol. The van der Waals surface area contributed by atoms with Crippen molar-refractivity contribution in [1.82, 2.24) is 4.57 Å². The number of aromatic nitrogens is 1. The monoisotopic (exact) mass is 517 g/mol. The van der Waals surface area contributed by atoms with E-state index < -0.39 is 0 Å². The fraction of sp³-hybridized carbons (Fsp3) is 0.0556. The first-order valence-electron chi connectivity index (χ1n) is 13.5. The van der Waals surface area contributed by atoms with Crippen LogP contribution in [0.5, 0.6) is 5.75 Å². The van der Waals surface area contributed by atoms with Gasteiger partial charge < -0.3 is 9.30 Å². The molecule has 0 N–H and O–H groups in total. The summed E-state index contributed by atoms with van der Waals surface area (Å²) in [6, 6.07) is 39.3. The van der Waals surface area contributed by atoms with E-state index in [0.29, 0.717) is 0 Å². The number of fused-ring (bicyclic) bond motifs is 9. The van der Waals surface area contributed by atoms with Gasteiger partial charge in [0, 0.05) is 48.5 Å². The summed E-state index contributed by atoms with van der Waals surface area (Å²) in [5.41, 5.74) is 8.66. The molecule has 3 heteroatoms. The predicted octanol–water partition coefficient (Wildman–Crippen LogP) is 9.78. The number of hydrogen-bond donors (Lipinski definition) is 0. The molecule has 3 heterocycles. The zero-order valence-corrected chi connectivity index (χ0v) is 21.9. The fourth-order valence-electron chi connectivity index (χ4n) is 6.62. The molecule has 184 valence electrons. The SMILES string of the molecule is C1=C(c2cccc3c2sc2ccccc23)CC2Oc3c(cccc3-n3c4ccccc4c4ccccc43)C2=C1. The molecule has 9 rings (SSSR count). The quantitative estimate of drug-likeness (QED) is 0.223. The molecule has 1 aliphatic carbocycles. The van der Waals surface area contributed by atoms with Crippen LogP contribution in [0.3, 0.4) is 0 Å². The normalized spacial score (nSPS) is 16.4. The van der Waals surface area contributed by atoms with E-state index in [-0.39, 0.29) is 6.10 Å². The van der Waals surface area contributed by atoms with Gasteiger partial charge >= 0.3 is 0 Å². The van der Waals surface area contributed by atoms with Crippen molar-refractivity contribution in [3.63, 3.8) is 0 Å². The van der Waals surface area contributed by atoms with Crippen molar-refractivity contribution in [1.29, 1.82) is 0 Å². The lowest BCUT2D eigenvalue weighted by molar-refractivity contribution is 0.281. The Kier molecular flexibility index (Phi) is 4.35. The summed E-state index contributed by atoms with van der Waals surface area (Å²) < 4.78 is 11.9. The van der Waals surface area contributed by atoms with Gasteiger partial charge in [-0.3, -0.25) is 0 Å². The van der Waals surface area contributed by atoms with Crippen LogP contribution in [0.4, 0.5) is 0 Å². The minimum atomic E-state index is 0.0128. The average molecular weight is 518 g/mol. The molecule has 0 saturated heterocycles. The molecule has 0 amide bonds. The van der Waals surface area contributed by atoms with Crippen LogP contribution in [0.25, 0.3) is 58.8 Å². The number of allylic oxidation sites excluding steroid dienone is 2. The molecule has 0 saturated carbocycles. The van der Waals surface area contributed by atoms with Crippen molar-refractivity contribution in [2.45, 2.75) is 12.5 Å². The highest BCUT2D eigenvalue weighted by atomic mass is 32.1. The van der Waals surface area contributed by atoms with Gasteiger partial charge in [-0.1, -0.05) is 97.1 Å². The van der Waals surface area contributed by atoms with Crippen molar-refractivity contribution in [2.75, 3.05) is 0 Å². The zero-order chi connectivity index (χ0) is 25.5. The number of thiophene rings is 1. The Bertz CT molecular complexity index is 2140. The number of hydrogen-bond acceptors (Lipinski definition) is 2. The Hall–Kier alpha value is -4.60. The van der Waals surface area contributed by atoms with E-state index in [0.717, 1.165) is 17.9 Å². The first-order chi connectivity index (χ1) is 19.3. The minimum absolute atomic E-state index is 0.0128. The standard InChI is InChI=1S/C36H23NOS/c1-4-15-30-24(9-1)25-10-2-5-16-31(25)37(30)32-17-8-13-28-26-20-19-22(21-33(26)38-35(28)32)23-12-7-14-29-27-11-3-6-18-34(27)39-36(23)29/h1-20,33H,21H2. The van der Waals surface area contributed by atoms with Gasteiger partial charge in [0.25, 0.3) is 0 Å². The second-order valence-corrected chi connectivity index (χ2v) is 11.5. The summed E-state index contributed by atoms with van der Waals surface area (Å²) in [5.74, 6) is 0.981. The minimum Gasteiger partial charge on any atom is -0.483 e. The van der Waals surface area contributed by atoms with Gasteiger partial charge in [-0.2, -0.15) is 0 Å². The van der Waals surface area contributed by atoms with E-state index in [2.05, 4.69) is 126 Å². The lowest BCUT2D eigenvalue weighted by Crippen LogP contribution is -2.15. The maximum absolute atomic E-state index is 6.86. The van der Waals surface area contributed by atoms with Crippen molar-refractivity contribution in [3.8, 4) is 11.4 Å². The van der Waals surface area contributed by atoms with Gasteiger partial charge in [0.1, 0.15) is 6.10 Å². The first kappa shape index (κ1) is 21.3. The van der Waals surface area contributed by atoms with E-state index in [1.54, 1.807) is 0 Å². The Morgan fingerprint density at radius 2 is 1.28 bits per heavy atom. The molecule has 2 aromatic heterocycles. The van der Waals surface area contributed by atoms with Crippen LogP contribution in [0, 0.1) is 0 Å². The molecule has 0 fully saturated rings. The summed E-state index contributed by atoms with van der Waals surface area (Å²) in [7, 11) is 0. The summed E-state index contributed by atoms with van der Waals surface area (Å²) >= 11 is 1.89. The van der Waals surface area contributed by atoms with Gasteiger partial charge in [0.15, 0.2) is 5.75 Å². The van der Waals surface area contributed by atoms with Gasteiger partial charge in [-0.25, -0.2) is 0 Å². The Balaban J connectivity index is 1.18. The molecule has 2 nitrogen and oxygen atoms in total. The summed E-state index contributed by atoms with van der Waals surface area (Å²) in [5, 5.41) is 5.21. The van der Waals surface area contributed by atoms with Crippen LogP contribution in [-0.4, -0.2) is 10.7 Å². The molecule has 0 radical (unpaired) electrons. The lowest BCUT2D eigenvalue weighted by Gasteiger charge is -2.20. The molecule has 2 aliphatic rings. The second-order valence-electron chi connectivity index (χ2n) is 10.4. The van der Waals surface area contributed by atoms with Crippen LogP contribution < -0.4 is 4.74 Å². The van der Waals surface area contributed by atoms with E-state index >= 15 is 0 Å².